The second-order valence-corrected chi connectivity index (χ2v) is 16.3. The van der Waals surface area contributed by atoms with Crippen molar-refractivity contribution < 1.29 is 0 Å². The van der Waals surface area contributed by atoms with Crippen molar-refractivity contribution in [3.05, 3.63) is 168 Å². The van der Waals surface area contributed by atoms with E-state index >= 15 is 0 Å². The van der Waals surface area contributed by atoms with Crippen LogP contribution in [-0.2, 0) is 10.3 Å². The first kappa shape index (κ1) is 25.9. The molecule has 2 heteroatoms. The monoisotopic (exact) mass is 554 g/mol. The molecule has 0 nitrogen and oxygen atoms in total. The fraction of sp³-hybridized carbons (Fsp3) is 0.211. The summed E-state index contributed by atoms with van der Waals surface area (Å²) in [6, 6.07) is 55.5. The Kier molecular flexibility index (Phi) is 7.18. The van der Waals surface area contributed by atoms with E-state index in [1.165, 1.54) is 60.3 Å². The first-order chi connectivity index (χ1) is 19.8. The van der Waals surface area contributed by atoms with Crippen molar-refractivity contribution in [2.45, 2.75) is 36.0 Å². The van der Waals surface area contributed by atoms with E-state index in [4.69, 9.17) is 0 Å². The Morgan fingerprint density at radius 2 is 0.625 bits per heavy atom. The van der Waals surface area contributed by atoms with Crippen LogP contribution in [0.25, 0.3) is 0 Å². The molecule has 2 unspecified atom stereocenters. The van der Waals surface area contributed by atoms with Gasteiger partial charge in [-0.3, -0.25) is 0 Å². The number of hydrogen-bond acceptors (Lipinski definition) is 0. The summed E-state index contributed by atoms with van der Waals surface area (Å²) in [5.41, 5.74) is 5.99. The lowest BCUT2D eigenvalue weighted by Crippen LogP contribution is -2.35. The SMILES string of the molecule is c1ccc(C2(c3ccccc3)CCCP2c2ccccc2P2CCCC2(c2ccccc2)c2ccccc2)cc1. The van der Waals surface area contributed by atoms with E-state index in [0.717, 1.165) is 0 Å². The predicted molar refractivity (Wildman–Crippen MR) is 175 cm³/mol. The van der Waals surface area contributed by atoms with Gasteiger partial charge in [0.05, 0.1) is 0 Å². The molecular weight excluding hydrogens is 518 g/mol. The molecule has 0 N–H and O–H groups in total. The van der Waals surface area contributed by atoms with E-state index in [0.29, 0.717) is 0 Å². The van der Waals surface area contributed by atoms with Gasteiger partial charge in [-0.25, -0.2) is 0 Å². The molecule has 0 saturated carbocycles. The standard InChI is InChI=1S/C38H36P2/c1-5-17-31(18-6-1)37(32-19-7-2-8-20-32)27-15-29-39(37)35-25-13-14-26-36(35)40-30-16-28-38(40,33-21-9-3-10-22-33)34-23-11-4-12-24-34/h1-14,17-26H,15-16,27-30H2. The van der Waals surface area contributed by atoms with Gasteiger partial charge in [-0.1, -0.05) is 161 Å². The molecule has 0 aliphatic carbocycles. The Hall–Kier alpha value is -3.04. The Labute approximate surface area is 242 Å². The van der Waals surface area contributed by atoms with Crippen molar-refractivity contribution >= 4 is 26.5 Å². The van der Waals surface area contributed by atoms with Crippen molar-refractivity contribution in [3.8, 4) is 0 Å². The topological polar surface area (TPSA) is 0 Å². The van der Waals surface area contributed by atoms with Gasteiger partial charge < -0.3 is 0 Å². The smallest absolute Gasteiger partial charge is 0.0443 e. The van der Waals surface area contributed by atoms with Gasteiger partial charge in [0.25, 0.3) is 0 Å². The van der Waals surface area contributed by atoms with Crippen molar-refractivity contribution in [1.82, 2.24) is 0 Å². The molecule has 5 aromatic rings. The molecule has 2 fully saturated rings. The first-order valence-electron chi connectivity index (χ1n) is 14.7. The molecule has 0 aromatic heterocycles. The first-order valence-corrected chi connectivity index (χ1v) is 17.8. The van der Waals surface area contributed by atoms with Crippen LogP contribution in [0.2, 0.25) is 0 Å². The van der Waals surface area contributed by atoms with E-state index in [1.807, 2.05) is 0 Å². The molecule has 40 heavy (non-hydrogen) atoms. The van der Waals surface area contributed by atoms with E-state index < -0.39 is 15.8 Å². The number of hydrogen-bond donors (Lipinski definition) is 0. The van der Waals surface area contributed by atoms with Gasteiger partial charge in [0.2, 0.25) is 0 Å². The minimum Gasteiger partial charge on any atom is -0.0622 e. The summed E-state index contributed by atoms with van der Waals surface area (Å²) < 4.78 is 0. The van der Waals surface area contributed by atoms with Gasteiger partial charge in [0.1, 0.15) is 0 Å². The van der Waals surface area contributed by atoms with Gasteiger partial charge >= 0.3 is 0 Å². The normalized spacial score (nSPS) is 21.3. The van der Waals surface area contributed by atoms with Crippen LogP contribution in [0.1, 0.15) is 47.9 Å². The minimum atomic E-state index is -0.440. The minimum absolute atomic E-state index is 0.0607. The van der Waals surface area contributed by atoms with Gasteiger partial charge in [0, 0.05) is 10.3 Å². The highest BCUT2D eigenvalue weighted by molar-refractivity contribution is 7.73. The van der Waals surface area contributed by atoms with E-state index in [-0.39, 0.29) is 10.3 Å². The van der Waals surface area contributed by atoms with Crippen LogP contribution < -0.4 is 10.6 Å². The van der Waals surface area contributed by atoms with Gasteiger partial charge in [-0.05, 0) is 70.9 Å². The molecule has 2 aliphatic rings. The second-order valence-electron chi connectivity index (χ2n) is 11.2. The fourth-order valence-electron chi connectivity index (χ4n) is 7.60. The third-order valence-corrected chi connectivity index (χ3v) is 16.2. The van der Waals surface area contributed by atoms with E-state index in [2.05, 4.69) is 146 Å². The maximum Gasteiger partial charge on any atom is 0.0443 e. The van der Waals surface area contributed by atoms with Gasteiger partial charge in [-0.2, -0.15) is 0 Å². The maximum absolute atomic E-state index is 2.52. The molecule has 0 radical (unpaired) electrons. The molecule has 2 aliphatic heterocycles. The zero-order valence-corrected chi connectivity index (χ0v) is 24.8. The Bertz CT molecular complexity index is 1350. The average molecular weight is 555 g/mol. The van der Waals surface area contributed by atoms with Crippen LogP contribution in [0, 0.1) is 0 Å². The molecule has 7 rings (SSSR count). The zero-order valence-electron chi connectivity index (χ0n) is 23.0. The summed E-state index contributed by atoms with van der Waals surface area (Å²) in [6.07, 6.45) is 7.60. The van der Waals surface area contributed by atoms with Crippen molar-refractivity contribution in [3.63, 3.8) is 0 Å². The highest BCUT2D eigenvalue weighted by Gasteiger charge is 2.50. The molecule has 0 bridgehead atoms. The molecule has 0 amide bonds. The molecule has 0 spiro atoms. The molecule has 2 saturated heterocycles. The van der Waals surface area contributed by atoms with Crippen molar-refractivity contribution in [2.24, 2.45) is 0 Å². The Balaban J connectivity index is 1.43. The molecule has 5 aromatic carbocycles. The van der Waals surface area contributed by atoms with Crippen LogP contribution in [0.4, 0.5) is 0 Å². The van der Waals surface area contributed by atoms with Crippen LogP contribution >= 0.6 is 15.8 Å². The van der Waals surface area contributed by atoms with Gasteiger partial charge in [-0.15, -0.1) is 0 Å². The van der Waals surface area contributed by atoms with Crippen LogP contribution in [0.15, 0.2) is 146 Å². The Morgan fingerprint density at radius 3 is 0.925 bits per heavy atom. The molecule has 198 valence electrons. The fourth-order valence-corrected chi connectivity index (χ4v) is 15.3. The zero-order chi connectivity index (χ0) is 26.8. The quantitative estimate of drug-likeness (QED) is 0.184. The van der Waals surface area contributed by atoms with E-state index in [1.54, 1.807) is 10.6 Å². The summed E-state index contributed by atoms with van der Waals surface area (Å²) in [5.74, 6) is 0. The molecular formula is C38H36P2. The van der Waals surface area contributed by atoms with Crippen molar-refractivity contribution in [1.29, 1.82) is 0 Å². The summed E-state index contributed by atoms with van der Waals surface area (Å²) in [5, 5.41) is 3.44. The molecule has 2 atom stereocenters. The second kappa shape index (κ2) is 11.1. The van der Waals surface area contributed by atoms with Crippen LogP contribution in [-0.4, -0.2) is 12.3 Å². The summed E-state index contributed by atoms with van der Waals surface area (Å²) in [6.45, 7) is 0. The van der Waals surface area contributed by atoms with E-state index in [9.17, 15) is 0 Å². The number of benzene rings is 5. The Morgan fingerprint density at radius 1 is 0.350 bits per heavy atom. The lowest BCUT2D eigenvalue weighted by atomic mass is 9.87. The predicted octanol–water partition coefficient (Wildman–Crippen LogP) is 9.38. The third kappa shape index (κ3) is 4.20. The van der Waals surface area contributed by atoms with Gasteiger partial charge in [0.15, 0.2) is 0 Å². The summed E-state index contributed by atoms with van der Waals surface area (Å²) in [4.78, 5) is 0. The number of rotatable bonds is 6. The van der Waals surface area contributed by atoms with Crippen LogP contribution in [0.5, 0.6) is 0 Å². The summed E-state index contributed by atoms with van der Waals surface area (Å²) >= 11 is 0. The summed E-state index contributed by atoms with van der Waals surface area (Å²) in [7, 11) is -0.881. The third-order valence-electron chi connectivity index (χ3n) is 9.23. The lowest BCUT2D eigenvalue weighted by molar-refractivity contribution is 0.680. The highest BCUT2D eigenvalue weighted by atomic mass is 31.1. The molecule has 2 heterocycles. The highest BCUT2D eigenvalue weighted by Crippen LogP contribution is 2.70. The largest absolute Gasteiger partial charge is 0.0622 e. The maximum atomic E-state index is 2.52. The lowest BCUT2D eigenvalue weighted by Gasteiger charge is -2.42. The van der Waals surface area contributed by atoms with Crippen molar-refractivity contribution in [2.75, 3.05) is 12.3 Å². The average Bonchev–Trinajstić information content (AvgIpc) is 3.70. The van der Waals surface area contributed by atoms with Crippen LogP contribution in [0.3, 0.4) is 0 Å².